The first-order chi connectivity index (χ1) is 10.5. The number of nitrogens with zero attached hydrogens (tertiary/aromatic N) is 4. The van der Waals surface area contributed by atoms with Gasteiger partial charge in [-0.3, -0.25) is 0 Å². The highest BCUT2D eigenvalue weighted by Gasteiger charge is 2.25. The number of nitrogens with two attached hydrogens (primary N) is 2. The molecule has 1 fully saturated rings. The maximum atomic E-state index is 12.6. The zero-order valence-corrected chi connectivity index (χ0v) is 12.8. The summed E-state index contributed by atoms with van der Waals surface area (Å²) in [7, 11) is -3.43. The molecule has 0 unspecified atom stereocenters. The predicted octanol–water partition coefficient (Wildman–Crippen LogP) is 0.606. The Morgan fingerprint density at radius 3 is 2.18 bits per heavy atom. The smallest absolute Gasteiger partial charge is 0.243 e. The van der Waals surface area contributed by atoms with Gasteiger partial charge >= 0.3 is 0 Å². The molecule has 1 aliphatic heterocycles. The summed E-state index contributed by atoms with van der Waals surface area (Å²) in [5.74, 6) is 0.228. The van der Waals surface area contributed by atoms with Gasteiger partial charge in [0.15, 0.2) is 0 Å². The summed E-state index contributed by atoms with van der Waals surface area (Å²) < 4.78 is 28.0. The van der Waals surface area contributed by atoms with Crippen molar-refractivity contribution in [3.8, 4) is 5.69 Å². The van der Waals surface area contributed by atoms with Gasteiger partial charge in [0.1, 0.15) is 0 Å². The van der Waals surface area contributed by atoms with Crippen molar-refractivity contribution < 1.29 is 8.42 Å². The van der Waals surface area contributed by atoms with Crippen LogP contribution in [0.25, 0.3) is 5.69 Å². The monoisotopic (exact) mass is 322 g/mol. The van der Waals surface area contributed by atoms with E-state index in [0.29, 0.717) is 18.8 Å². The van der Waals surface area contributed by atoms with E-state index in [1.807, 2.05) is 0 Å². The summed E-state index contributed by atoms with van der Waals surface area (Å²) in [5, 5.41) is 3.96. The van der Waals surface area contributed by atoms with Crippen LogP contribution in [0, 0.1) is 0 Å². The average Bonchev–Trinajstić information content (AvgIpc) is 2.87. The Hall–Kier alpha value is -2.13. The van der Waals surface area contributed by atoms with E-state index in [1.165, 1.54) is 8.99 Å². The Kier molecular flexibility index (Phi) is 3.75. The number of sulfonamides is 1. The molecule has 0 aliphatic carbocycles. The fraction of sp³-hybridized carbons (Fsp3) is 0.385. The Bertz CT molecular complexity index is 762. The minimum Gasteiger partial charge on any atom is -0.368 e. The van der Waals surface area contributed by atoms with E-state index in [-0.39, 0.29) is 16.8 Å². The second-order valence-corrected chi connectivity index (χ2v) is 7.14. The average molecular weight is 322 g/mol. The van der Waals surface area contributed by atoms with Crippen LogP contribution in [-0.2, 0) is 10.0 Å². The SMILES string of the molecule is Nc1nc(N)n(-c2ccc(S(=O)(=O)N3CCCCC3)cc2)n1. The van der Waals surface area contributed by atoms with E-state index in [2.05, 4.69) is 10.1 Å². The van der Waals surface area contributed by atoms with Gasteiger partial charge in [0.2, 0.25) is 21.9 Å². The van der Waals surface area contributed by atoms with Gasteiger partial charge in [0.05, 0.1) is 10.6 Å². The van der Waals surface area contributed by atoms with Crippen LogP contribution in [-0.4, -0.2) is 40.6 Å². The van der Waals surface area contributed by atoms with Crippen LogP contribution in [0.4, 0.5) is 11.9 Å². The second-order valence-electron chi connectivity index (χ2n) is 5.20. The molecule has 8 nitrogen and oxygen atoms in total. The van der Waals surface area contributed by atoms with Crippen LogP contribution in [0.2, 0.25) is 0 Å². The molecule has 2 heterocycles. The van der Waals surface area contributed by atoms with E-state index < -0.39 is 10.0 Å². The minimum absolute atomic E-state index is 0.0718. The molecule has 0 saturated carbocycles. The summed E-state index contributed by atoms with van der Waals surface area (Å²) >= 11 is 0. The van der Waals surface area contributed by atoms with Crippen LogP contribution < -0.4 is 11.5 Å². The third-order valence-corrected chi connectivity index (χ3v) is 5.60. The maximum Gasteiger partial charge on any atom is 0.243 e. The molecule has 0 spiro atoms. The normalized spacial score (nSPS) is 16.7. The fourth-order valence-electron chi connectivity index (χ4n) is 2.54. The first-order valence-corrected chi connectivity index (χ1v) is 8.51. The molecule has 4 N–H and O–H groups in total. The van der Waals surface area contributed by atoms with Crippen molar-refractivity contribution in [3.05, 3.63) is 24.3 Å². The van der Waals surface area contributed by atoms with Gasteiger partial charge in [0.25, 0.3) is 0 Å². The van der Waals surface area contributed by atoms with Crippen molar-refractivity contribution in [3.63, 3.8) is 0 Å². The molecule has 0 radical (unpaired) electrons. The number of nitrogen functional groups attached to an aromatic ring is 2. The standard InChI is InChI=1S/C13H18N6O2S/c14-12-16-13(15)19(17-12)10-4-6-11(7-5-10)22(20,21)18-8-2-1-3-9-18/h4-7H,1-3,8-9H2,(H4,14,15,16,17). The van der Waals surface area contributed by atoms with Crippen LogP contribution in [0.15, 0.2) is 29.2 Å². The highest BCUT2D eigenvalue weighted by Crippen LogP contribution is 2.22. The number of piperidine rings is 1. The van der Waals surface area contributed by atoms with Crippen LogP contribution in [0.1, 0.15) is 19.3 Å². The van der Waals surface area contributed by atoms with Crippen molar-refractivity contribution in [2.24, 2.45) is 0 Å². The highest BCUT2D eigenvalue weighted by molar-refractivity contribution is 7.89. The largest absolute Gasteiger partial charge is 0.368 e. The lowest BCUT2D eigenvalue weighted by atomic mass is 10.2. The van der Waals surface area contributed by atoms with Crippen LogP contribution in [0.3, 0.4) is 0 Å². The quantitative estimate of drug-likeness (QED) is 0.854. The maximum absolute atomic E-state index is 12.6. The Balaban J connectivity index is 1.89. The summed E-state index contributed by atoms with van der Waals surface area (Å²) in [6, 6.07) is 6.38. The van der Waals surface area contributed by atoms with E-state index in [1.54, 1.807) is 24.3 Å². The van der Waals surface area contributed by atoms with Crippen LogP contribution >= 0.6 is 0 Å². The Labute approximate surface area is 128 Å². The van der Waals surface area contributed by atoms with Crippen LogP contribution in [0.5, 0.6) is 0 Å². The summed E-state index contributed by atoms with van der Waals surface area (Å²) in [5.41, 5.74) is 11.8. The topological polar surface area (TPSA) is 120 Å². The van der Waals surface area contributed by atoms with Gasteiger partial charge < -0.3 is 11.5 Å². The zero-order valence-electron chi connectivity index (χ0n) is 12.0. The number of aromatic nitrogens is 3. The predicted molar refractivity (Wildman–Crippen MR) is 82.8 cm³/mol. The molecule has 0 amide bonds. The molecule has 3 rings (SSSR count). The molecule has 1 aromatic heterocycles. The number of benzene rings is 1. The van der Waals surface area contributed by atoms with Gasteiger partial charge in [0, 0.05) is 13.1 Å². The molecular weight excluding hydrogens is 304 g/mol. The molecule has 1 aromatic carbocycles. The van der Waals surface area contributed by atoms with Gasteiger partial charge in [-0.1, -0.05) is 6.42 Å². The third kappa shape index (κ3) is 2.64. The van der Waals surface area contributed by atoms with E-state index in [0.717, 1.165) is 19.3 Å². The summed E-state index contributed by atoms with van der Waals surface area (Å²) in [6.07, 6.45) is 2.90. The third-order valence-electron chi connectivity index (χ3n) is 3.68. The molecule has 0 atom stereocenters. The zero-order chi connectivity index (χ0) is 15.7. The van der Waals surface area contributed by atoms with Gasteiger partial charge in [-0.15, -0.1) is 5.10 Å². The number of rotatable bonds is 3. The van der Waals surface area contributed by atoms with Gasteiger partial charge in [-0.05, 0) is 37.1 Å². The van der Waals surface area contributed by atoms with Crippen molar-refractivity contribution in [1.82, 2.24) is 19.1 Å². The summed E-state index contributed by atoms with van der Waals surface area (Å²) in [4.78, 5) is 4.08. The Morgan fingerprint density at radius 2 is 1.64 bits per heavy atom. The van der Waals surface area contributed by atoms with Gasteiger partial charge in [-0.25, -0.2) is 8.42 Å². The molecule has 118 valence electrons. The lowest BCUT2D eigenvalue weighted by Crippen LogP contribution is -2.35. The van der Waals surface area contributed by atoms with Crippen molar-refractivity contribution in [1.29, 1.82) is 0 Å². The summed E-state index contributed by atoms with van der Waals surface area (Å²) in [6.45, 7) is 1.16. The highest BCUT2D eigenvalue weighted by atomic mass is 32.2. The molecule has 1 aliphatic rings. The first-order valence-electron chi connectivity index (χ1n) is 7.07. The van der Waals surface area contributed by atoms with Crippen molar-refractivity contribution in [2.75, 3.05) is 24.6 Å². The minimum atomic E-state index is -3.43. The molecule has 1 saturated heterocycles. The first kappa shape index (κ1) is 14.8. The lowest BCUT2D eigenvalue weighted by Gasteiger charge is -2.25. The van der Waals surface area contributed by atoms with Crippen molar-refractivity contribution in [2.45, 2.75) is 24.2 Å². The molecule has 9 heteroatoms. The molecular formula is C13H18N6O2S. The number of hydrogen-bond donors (Lipinski definition) is 2. The number of hydrogen-bond acceptors (Lipinski definition) is 6. The lowest BCUT2D eigenvalue weighted by molar-refractivity contribution is 0.346. The van der Waals surface area contributed by atoms with E-state index >= 15 is 0 Å². The Morgan fingerprint density at radius 1 is 1.00 bits per heavy atom. The molecule has 2 aromatic rings. The van der Waals surface area contributed by atoms with Crippen molar-refractivity contribution >= 4 is 21.9 Å². The fourth-order valence-corrected chi connectivity index (χ4v) is 4.06. The second kappa shape index (κ2) is 5.58. The van der Waals surface area contributed by atoms with Gasteiger partial charge in [-0.2, -0.15) is 14.0 Å². The molecule has 0 bridgehead atoms. The van der Waals surface area contributed by atoms with E-state index in [4.69, 9.17) is 11.5 Å². The number of anilines is 2. The van der Waals surface area contributed by atoms with E-state index in [9.17, 15) is 8.42 Å². The molecule has 22 heavy (non-hydrogen) atoms.